The minimum atomic E-state index is -0.534. The SMILES string of the molecule is C=C(C)C(=O)OCCCOC(=O)c1ccc(-c2ccc(OC(=O)C(=C)C)c(OC)c2)cc1. The van der Waals surface area contributed by atoms with E-state index in [1.807, 2.05) is 0 Å². The third kappa shape index (κ3) is 6.84. The fourth-order valence-electron chi connectivity index (χ4n) is 2.51. The number of carbonyl (C=O) groups is 3. The van der Waals surface area contributed by atoms with Crippen molar-refractivity contribution in [2.75, 3.05) is 20.3 Å². The lowest BCUT2D eigenvalue weighted by Crippen LogP contribution is -2.11. The Labute approximate surface area is 187 Å². The summed E-state index contributed by atoms with van der Waals surface area (Å²) in [6.45, 7) is 10.5. The van der Waals surface area contributed by atoms with E-state index in [0.29, 0.717) is 29.1 Å². The van der Waals surface area contributed by atoms with E-state index < -0.39 is 17.9 Å². The second kappa shape index (κ2) is 11.5. The summed E-state index contributed by atoms with van der Waals surface area (Å²) in [4.78, 5) is 35.2. The minimum Gasteiger partial charge on any atom is -0.493 e. The molecular formula is C25H26O7. The lowest BCUT2D eigenvalue weighted by atomic mass is 10.0. The first kappa shape index (κ1) is 24.4. The van der Waals surface area contributed by atoms with Crippen molar-refractivity contribution in [3.05, 3.63) is 72.3 Å². The van der Waals surface area contributed by atoms with Crippen LogP contribution >= 0.6 is 0 Å². The molecule has 0 atom stereocenters. The molecule has 0 N–H and O–H groups in total. The molecule has 0 saturated heterocycles. The monoisotopic (exact) mass is 438 g/mol. The predicted molar refractivity (Wildman–Crippen MR) is 120 cm³/mol. The van der Waals surface area contributed by atoms with Crippen molar-refractivity contribution >= 4 is 17.9 Å². The fraction of sp³-hybridized carbons (Fsp3) is 0.240. The first-order chi connectivity index (χ1) is 15.2. The highest BCUT2D eigenvalue weighted by atomic mass is 16.6. The highest BCUT2D eigenvalue weighted by molar-refractivity contribution is 5.90. The van der Waals surface area contributed by atoms with Gasteiger partial charge >= 0.3 is 17.9 Å². The molecule has 0 saturated carbocycles. The topological polar surface area (TPSA) is 88.1 Å². The van der Waals surface area contributed by atoms with Gasteiger partial charge in [0.15, 0.2) is 11.5 Å². The van der Waals surface area contributed by atoms with E-state index in [1.54, 1.807) is 56.3 Å². The molecule has 2 aromatic rings. The molecular weight excluding hydrogens is 412 g/mol. The van der Waals surface area contributed by atoms with Crippen molar-refractivity contribution < 1.29 is 33.3 Å². The van der Waals surface area contributed by atoms with Crippen molar-refractivity contribution in [1.82, 2.24) is 0 Å². The van der Waals surface area contributed by atoms with Gasteiger partial charge in [0.2, 0.25) is 0 Å². The zero-order valence-corrected chi connectivity index (χ0v) is 18.4. The number of hydrogen-bond acceptors (Lipinski definition) is 7. The molecule has 0 aliphatic carbocycles. The summed E-state index contributed by atoms with van der Waals surface area (Å²) in [5, 5.41) is 0. The summed E-state index contributed by atoms with van der Waals surface area (Å²) in [6.07, 6.45) is 0.394. The largest absolute Gasteiger partial charge is 0.493 e. The molecule has 7 nitrogen and oxygen atoms in total. The quantitative estimate of drug-likeness (QED) is 0.233. The first-order valence-corrected chi connectivity index (χ1v) is 9.89. The number of carbonyl (C=O) groups excluding carboxylic acids is 3. The lowest BCUT2D eigenvalue weighted by molar-refractivity contribution is -0.139. The standard InChI is InChI=1S/C25H26O7/c1-16(2)23(26)30-13-6-14-31-25(28)19-9-7-18(8-10-19)20-11-12-21(22(15-20)29-5)32-24(27)17(3)4/h7-12,15H,1,3,6,13-14H2,2,4-5H3. The van der Waals surface area contributed by atoms with E-state index in [-0.39, 0.29) is 18.8 Å². The highest BCUT2D eigenvalue weighted by Crippen LogP contribution is 2.33. The zero-order valence-electron chi connectivity index (χ0n) is 18.4. The number of benzene rings is 2. The van der Waals surface area contributed by atoms with Gasteiger partial charge in [-0.1, -0.05) is 31.4 Å². The van der Waals surface area contributed by atoms with E-state index in [1.165, 1.54) is 7.11 Å². The van der Waals surface area contributed by atoms with Crippen LogP contribution in [0.1, 0.15) is 30.6 Å². The van der Waals surface area contributed by atoms with Crippen molar-refractivity contribution in [3.63, 3.8) is 0 Å². The number of hydrogen-bond donors (Lipinski definition) is 0. The Morgan fingerprint density at radius 2 is 1.38 bits per heavy atom. The Morgan fingerprint density at radius 1 is 0.781 bits per heavy atom. The van der Waals surface area contributed by atoms with Crippen LogP contribution in [0.15, 0.2) is 66.8 Å². The minimum absolute atomic E-state index is 0.131. The van der Waals surface area contributed by atoms with Crippen molar-refractivity contribution in [2.45, 2.75) is 20.3 Å². The molecule has 0 aliphatic rings. The van der Waals surface area contributed by atoms with Crippen molar-refractivity contribution in [1.29, 1.82) is 0 Å². The summed E-state index contributed by atoms with van der Waals surface area (Å²) in [5.74, 6) is -0.785. The van der Waals surface area contributed by atoms with Gasteiger partial charge in [-0.15, -0.1) is 0 Å². The van der Waals surface area contributed by atoms with Crippen LogP contribution in [0, 0.1) is 0 Å². The molecule has 2 rings (SSSR count). The van der Waals surface area contributed by atoms with Gasteiger partial charge < -0.3 is 18.9 Å². The third-order valence-electron chi connectivity index (χ3n) is 4.27. The van der Waals surface area contributed by atoms with Gasteiger partial charge in [0.1, 0.15) is 0 Å². The highest BCUT2D eigenvalue weighted by Gasteiger charge is 2.13. The van der Waals surface area contributed by atoms with Gasteiger partial charge in [-0.3, -0.25) is 0 Å². The van der Waals surface area contributed by atoms with Crippen LogP contribution in [0.25, 0.3) is 11.1 Å². The normalized spacial score (nSPS) is 10.1. The van der Waals surface area contributed by atoms with Gasteiger partial charge in [0, 0.05) is 17.6 Å². The Morgan fingerprint density at radius 3 is 1.97 bits per heavy atom. The average Bonchev–Trinajstić information content (AvgIpc) is 2.78. The predicted octanol–water partition coefficient (Wildman–Crippen LogP) is 4.51. The van der Waals surface area contributed by atoms with Crippen LogP contribution in [0.4, 0.5) is 0 Å². The lowest BCUT2D eigenvalue weighted by Gasteiger charge is -2.11. The fourth-order valence-corrected chi connectivity index (χ4v) is 2.51. The molecule has 0 fully saturated rings. The van der Waals surface area contributed by atoms with Crippen LogP contribution in [-0.4, -0.2) is 38.2 Å². The maximum atomic E-state index is 12.2. The third-order valence-corrected chi connectivity index (χ3v) is 4.27. The number of ether oxygens (including phenoxy) is 4. The maximum Gasteiger partial charge on any atom is 0.338 e. The summed E-state index contributed by atoms with van der Waals surface area (Å²) in [5.41, 5.74) is 2.65. The van der Waals surface area contributed by atoms with Crippen LogP contribution in [0.2, 0.25) is 0 Å². The van der Waals surface area contributed by atoms with Crippen LogP contribution in [-0.2, 0) is 19.1 Å². The van der Waals surface area contributed by atoms with Gasteiger partial charge in [-0.25, -0.2) is 14.4 Å². The van der Waals surface area contributed by atoms with Crippen LogP contribution in [0.3, 0.4) is 0 Å². The van der Waals surface area contributed by atoms with E-state index in [0.717, 1.165) is 11.1 Å². The average molecular weight is 438 g/mol. The maximum absolute atomic E-state index is 12.2. The number of methoxy groups -OCH3 is 1. The second-order valence-corrected chi connectivity index (χ2v) is 7.02. The molecule has 0 amide bonds. The summed E-state index contributed by atoms with van der Waals surface area (Å²) >= 11 is 0. The molecule has 32 heavy (non-hydrogen) atoms. The van der Waals surface area contributed by atoms with E-state index in [4.69, 9.17) is 18.9 Å². The zero-order chi connectivity index (χ0) is 23.7. The summed E-state index contributed by atoms with van der Waals surface area (Å²) < 4.78 is 20.7. The van der Waals surface area contributed by atoms with Gasteiger partial charge in [0.05, 0.1) is 25.9 Å². The van der Waals surface area contributed by atoms with E-state index in [9.17, 15) is 14.4 Å². The molecule has 0 spiro atoms. The second-order valence-electron chi connectivity index (χ2n) is 7.02. The van der Waals surface area contributed by atoms with Gasteiger partial charge in [-0.05, 0) is 49.2 Å². The molecule has 0 heterocycles. The van der Waals surface area contributed by atoms with Crippen LogP contribution < -0.4 is 9.47 Å². The molecule has 0 aromatic heterocycles. The first-order valence-electron chi connectivity index (χ1n) is 9.89. The van der Waals surface area contributed by atoms with Crippen molar-refractivity contribution in [2.24, 2.45) is 0 Å². The van der Waals surface area contributed by atoms with Gasteiger partial charge in [-0.2, -0.15) is 0 Å². The number of rotatable bonds is 10. The molecule has 7 heteroatoms. The smallest absolute Gasteiger partial charge is 0.338 e. The molecule has 0 bridgehead atoms. The Balaban J connectivity index is 1.97. The Kier molecular flexibility index (Phi) is 8.77. The molecule has 168 valence electrons. The summed E-state index contributed by atoms with van der Waals surface area (Å²) in [7, 11) is 1.48. The molecule has 2 aromatic carbocycles. The molecule has 0 aliphatic heterocycles. The molecule has 0 unspecified atom stereocenters. The molecule has 0 radical (unpaired) electrons. The van der Waals surface area contributed by atoms with Gasteiger partial charge in [0.25, 0.3) is 0 Å². The van der Waals surface area contributed by atoms with Crippen molar-refractivity contribution in [3.8, 4) is 22.6 Å². The van der Waals surface area contributed by atoms with E-state index in [2.05, 4.69) is 13.2 Å². The van der Waals surface area contributed by atoms with Crippen LogP contribution in [0.5, 0.6) is 11.5 Å². The summed E-state index contributed by atoms with van der Waals surface area (Å²) in [6, 6.07) is 12.0. The number of esters is 3. The Bertz CT molecular complexity index is 1020. The van der Waals surface area contributed by atoms with E-state index >= 15 is 0 Å². The Hall–Kier alpha value is -3.87.